The molecule has 1 aromatic rings. The smallest absolute Gasteiger partial charge is 0.196 e. The maximum Gasteiger partial charge on any atom is 0.196 e. The van der Waals surface area contributed by atoms with Gasteiger partial charge in [0, 0.05) is 11.7 Å². The molecule has 0 aliphatic heterocycles. The highest BCUT2D eigenvalue weighted by Crippen LogP contribution is 2.20. The van der Waals surface area contributed by atoms with Gasteiger partial charge in [0.1, 0.15) is 0 Å². The van der Waals surface area contributed by atoms with Crippen LogP contribution in [0.4, 0.5) is 0 Å². The summed E-state index contributed by atoms with van der Waals surface area (Å²) in [6.07, 6.45) is 2.71. The highest BCUT2D eigenvalue weighted by molar-refractivity contribution is 8.13. The number of rotatable bonds is 6. The number of benzene rings is 1. The normalized spacial score (nSPS) is 12.4. The third-order valence-corrected chi connectivity index (χ3v) is 3.69. The maximum absolute atomic E-state index is 11.9. The van der Waals surface area contributed by atoms with Crippen molar-refractivity contribution in [3.8, 4) is 0 Å². The van der Waals surface area contributed by atoms with Gasteiger partial charge in [-0.25, -0.2) is 0 Å². The highest BCUT2D eigenvalue weighted by atomic mass is 32.2. The summed E-state index contributed by atoms with van der Waals surface area (Å²) in [4.78, 5) is 11.9. The number of allylic oxidation sites excluding steroid dienone is 1. The summed E-state index contributed by atoms with van der Waals surface area (Å²) in [7, 11) is 0. The SMILES string of the molecule is C=CC(C(=O)SCCc1ccccc1)C(C)C. The molecule has 1 rings (SSSR count). The Hall–Kier alpha value is -1.02. The molecule has 1 unspecified atom stereocenters. The first-order valence-electron chi connectivity index (χ1n) is 5.98. The molecule has 0 N–H and O–H groups in total. The fourth-order valence-corrected chi connectivity index (χ4v) is 2.75. The Morgan fingerprint density at radius 1 is 1.35 bits per heavy atom. The second kappa shape index (κ2) is 7.33. The van der Waals surface area contributed by atoms with E-state index in [4.69, 9.17) is 0 Å². The topological polar surface area (TPSA) is 17.1 Å². The van der Waals surface area contributed by atoms with Crippen LogP contribution in [0.5, 0.6) is 0 Å². The molecule has 0 aliphatic rings. The van der Waals surface area contributed by atoms with Gasteiger partial charge < -0.3 is 0 Å². The third kappa shape index (κ3) is 4.78. The minimum absolute atomic E-state index is 0.0178. The lowest BCUT2D eigenvalue weighted by Crippen LogP contribution is -2.15. The van der Waals surface area contributed by atoms with Gasteiger partial charge >= 0.3 is 0 Å². The first-order valence-corrected chi connectivity index (χ1v) is 6.97. The molecule has 0 radical (unpaired) electrons. The molecule has 0 aromatic heterocycles. The third-order valence-electron chi connectivity index (χ3n) is 2.72. The van der Waals surface area contributed by atoms with Gasteiger partial charge in [0.2, 0.25) is 0 Å². The van der Waals surface area contributed by atoms with Crippen LogP contribution in [0.2, 0.25) is 0 Å². The van der Waals surface area contributed by atoms with Gasteiger partial charge in [-0.1, -0.05) is 62.0 Å². The molecule has 1 atom stereocenters. The fraction of sp³-hybridized carbons (Fsp3) is 0.400. The summed E-state index contributed by atoms with van der Waals surface area (Å²) in [5, 5.41) is 0.242. The first kappa shape index (κ1) is 14.0. The van der Waals surface area contributed by atoms with E-state index >= 15 is 0 Å². The quantitative estimate of drug-likeness (QED) is 0.709. The van der Waals surface area contributed by atoms with Crippen LogP contribution in [-0.2, 0) is 11.2 Å². The van der Waals surface area contributed by atoms with E-state index in [-0.39, 0.29) is 11.0 Å². The van der Waals surface area contributed by atoms with Crippen LogP contribution in [0, 0.1) is 11.8 Å². The molecule has 0 heterocycles. The Kier molecular flexibility index (Phi) is 6.06. The van der Waals surface area contributed by atoms with Crippen molar-refractivity contribution in [3.63, 3.8) is 0 Å². The van der Waals surface area contributed by atoms with E-state index in [0.717, 1.165) is 12.2 Å². The molecule has 0 aliphatic carbocycles. The van der Waals surface area contributed by atoms with Gasteiger partial charge in [0.05, 0.1) is 0 Å². The van der Waals surface area contributed by atoms with E-state index in [2.05, 4.69) is 32.6 Å². The van der Waals surface area contributed by atoms with Gasteiger partial charge in [0.25, 0.3) is 0 Å². The molecule has 17 heavy (non-hydrogen) atoms. The van der Waals surface area contributed by atoms with Crippen LogP contribution in [0.3, 0.4) is 0 Å². The summed E-state index contributed by atoms with van der Waals surface area (Å²) in [6, 6.07) is 10.3. The molecule has 2 heteroatoms. The van der Waals surface area contributed by atoms with Crippen molar-refractivity contribution in [2.75, 3.05) is 5.75 Å². The standard InChI is InChI=1S/C15H20OS/c1-4-14(12(2)3)15(16)17-11-10-13-8-6-5-7-9-13/h4-9,12,14H,1,10-11H2,2-3H3. The van der Waals surface area contributed by atoms with Crippen LogP contribution in [0.1, 0.15) is 19.4 Å². The number of aryl methyl sites for hydroxylation is 1. The van der Waals surface area contributed by atoms with Crippen molar-refractivity contribution in [2.45, 2.75) is 20.3 Å². The molecule has 0 saturated heterocycles. The van der Waals surface area contributed by atoms with Crippen molar-refractivity contribution < 1.29 is 4.79 Å². The average Bonchev–Trinajstić information content (AvgIpc) is 2.30. The number of hydrogen-bond donors (Lipinski definition) is 0. The van der Waals surface area contributed by atoms with Crippen molar-refractivity contribution in [3.05, 3.63) is 48.6 Å². The minimum Gasteiger partial charge on any atom is -0.287 e. The van der Waals surface area contributed by atoms with Crippen LogP contribution in [-0.4, -0.2) is 10.9 Å². The predicted octanol–water partition coefficient (Wildman–Crippen LogP) is 3.95. The Morgan fingerprint density at radius 2 is 2.00 bits per heavy atom. The van der Waals surface area contributed by atoms with Crippen LogP contribution in [0.15, 0.2) is 43.0 Å². The molecule has 1 aromatic carbocycles. The highest BCUT2D eigenvalue weighted by Gasteiger charge is 2.18. The molecule has 0 spiro atoms. The van der Waals surface area contributed by atoms with Crippen LogP contribution in [0.25, 0.3) is 0 Å². The Bertz CT molecular complexity index is 356. The largest absolute Gasteiger partial charge is 0.287 e. The monoisotopic (exact) mass is 248 g/mol. The van der Waals surface area contributed by atoms with Crippen molar-refractivity contribution in [2.24, 2.45) is 11.8 Å². The van der Waals surface area contributed by atoms with Crippen molar-refractivity contribution >= 4 is 16.9 Å². The average molecular weight is 248 g/mol. The Morgan fingerprint density at radius 3 is 2.53 bits per heavy atom. The Balaban J connectivity index is 2.36. The molecule has 1 nitrogen and oxygen atoms in total. The maximum atomic E-state index is 11.9. The second-order valence-corrected chi connectivity index (χ2v) is 5.51. The van der Waals surface area contributed by atoms with E-state index in [1.54, 1.807) is 6.08 Å². The molecular formula is C15H20OS. The number of thioether (sulfide) groups is 1. The molecule has 0 saturated carbocycles. The van der Waals surface area contributed by atoms with E-state index in [1.165, 1.54) is 17.3 Å². The van der Waals surface area contributed by atoms with Gasteiger partial charge in [-0.3, -0.25) is 4.79 Å². The fourth-order valence-electron chi connectivity index (χ4n) is 1.65. The lowest BCUT2D eigenvalue weighted by Gasteiger charge is -2.14. The van der Waals surface area contributed by atoms with Crippen molar-refractivity contribution in [1.82, 2.24) is 0 Å². The summed E-state index contributed by atoms with van der Waals surface area (Å²) in [5.41, 5.74) is 1.28. The zero-order valence-electron chi connectivity index (χ0n) is 10.6. The summed E-state index contributed by atoms with van der Waals surface area (Å²) in [5.74, 6) is 1.17. The lowest BCUT2D eigenvalue weighted by molar-refractivity contribution is -0.114. The van der Waals surface area contributed by atoms with Crippen LogP contribution >= 0.6 is 11.8 Å². The van der Waals surface area contributed by atoms with E-state index in [0.29, 0.717) is 5.92 Å². The predicted molar refractivity (Wildman–Crippen MR) is 76.1 cm³/mol. The Labute approximate surface area is 108 Å². The second-order valence-electron chi connectivity index (χ2n) is 4.41. The number of carbonyl (C=O) groups excluding carboxylic acids is 1. The lowest BCUT2D eigenvalue weighted by atomic mass is 9.98. The molecule has 0 fully saturated rings. The van der Waals surface area contributed by atoms with Crippen molar-refractivity contribution in [1.29, 1.82) is 0 Å². The minimum atomic E-state index is -0.0178. The summed E-state index contributed by atoms with van der Waals surface area (Å²) >= 11 is 1.42. The van der Waals surface area contributed by atoms with Gasteiger partial charge in [-0.15, -0.1) is 6.58 Å². The zero-order valence-corrected chi connectivity index (χ0v) is 11.4. The number of carbonyl (C=O) groups is 1. The molecular weight excluding hydrogens is 228 g/mol. The first-order chi connectivity index (χ1) is 8.15. The van der Waals surface area contributed by atoms with Gasteiger partial charge in [0.15, 0.2) is 5.12 Å². The molecule has 92 valence electrons. The van der Waals surface area contributed by atoms with E-state index in [9.17, 15) is 4.79 Å². The van der Waals surface area contributed by atoms with E-state index in [1.807, 2.05) is 18.2 Å². The van der Waals surface area contributed by atoms with Gasteiger partial charge in [-0.05, 0) is 17.9 Å². The number of hydrogen-bond acceptors (Lipinski definition) is 2. The molecule has 0 bridgehead atoms. The van der Waals surface area contributed by atoms with Gasteiger partial charge in [-0.2, -0.15) is 0 Å². The summed E-state index contributed by atoms with van der Waals surface area (Å²) in [6.45, 7) is 7.85. The van der Waals surface area contributed by atoms with E-state index < -0.39 is 0 Å². The zero-order chi connectivity index (χ0) is 12.7. The molecule has 0 amide bonds. The van der Waals surface area contributed by atoms with Crippen LogP contribution < -0.4 is 0 Å². The summed E-state index contributed by atoms with van der Waals surface area (Å²) < 4.78 is 0.